The quantitative estimate of drug-likeness (QED) is 0.338. The summed E-state index contributed by atoms with van der Waals surface area (Å²) in [5, 5.41) is 10.9. The van der Waals surface area contributed by atoms with Gasteiger partial charge < -0.3 is 28.8 Å². The van der Waals surface area contributed by atoms with Gasteiger partial charge in [-0.1, -0.05) is 67.6 Å². The Balaban J connectivity index is 1.85. The number of rotatable bonds is 4. The highest BCUT2D eigenvalue weighted by atomic mass is 16.8. The van der Waals surface area contributed by atoms with Crippen molar-refractivity contribution in [2.75, 3.05) is 13.9 Å². The number of aliphatic hydroxyl groups excluding tert-OH is 1. The number of methoxy groups -OCH3 is 1. The van der Waals surface area contributed by atoms with Gasteiger partial charge >= 0.3 is 5.97 Å². The van der Waals surface area contributed by atoms with Crippen molar-refractivity contribution in [2.24, 2.45) is 5.92 Å². The molecule has 2 aliphatic rings. The molecule has 1 unspecified atom stereocenters. The van der Waals surface area contributed by atoms with E-state index >= 15 is 0 Å². The highest BCUT2D eigenvalue weighted by molar-refractivity contribution is 6.00. The Kier molecular flexibility index (Phi) is 8.49. The van der Waals surface area contributed by atoms with Crippen LogP contribution in [0.15, 0.2) is 60.7 Å². The van der Waals surface area contributed by atoms with Crippen LogP contribution in [0.1, 0.15) is 50.0 Å². The molecule has 2 aromatic rings. The van der Waals surface area contributed by atoms with Crippen molar-refractivity contribution < 1.29 is 33.6 Å². The minimum atomic E-state index is -0.866. The number of esters is 1. The lowest BCUT2D eigenvalue weighted by molar-refractivity contribution is -0.152. The van der Waals surface area contributed by atoms with Gasteiger partial charge in [0.2, 0.25) is 0 Å². The summed E-state index contributed by atoms with van der Waals surface area (Å²) in [6, 6.07) is 13.5. The fourth-order valence-corrected chi connectivity index (χ4v) is 4.64. The molecule has 0 bridgehead atoms. The maximum absolute atomic E-state index is 13.6. The van der Waals surface area contributed by atoms with E-state index < -0.39 is 30.1 Å². The fraction of sp³-hybridized carbons (Fsp3) is 0.433. The van der Waals surface area contributed by atoms with Crippen molar-refractivity contribution in [1.29, 1.82) is 0 Å². The van der Waals surface area contributed by atoms with Gasteiger partial charge in [0.05, 0.1) is 6.10 Å². The average molecular weight is 509 g/mol. The molecule has 7 heteroatoms. The van der Waals surface area contributed by atoms with Crippen molar-refractivity contribution in [3.8, 4) is 16.9 Å². The van der Waals surface area contributed by atoms with Crippen LogP contribution in [-0.2, 0) is 18.9 Å². The van der Waals surface area contributed by atoms with Gasteiger partial charge in [0, 0.05) is 18.6 Å². The van der Waals surface area contributed by atoms with E-state index in [4.69, 9.17) is 23.7 Å². The Labute approximate surface area is 218 Å². The lowest BCUT2D eigenvalue weighted by atomic mass is 9.93. The molecule has 0 spiro atoms. The highest BCUT2D eigenvalue weighted by Crippen LogP contribution is 2.36. The van der Waals surface area contributed by atoms with Gasteiger partial charge in [-0.3, -0.25) is 0 Å². The molecule has 0 saturated carbocycles. The zero-order chi connectivity index (χ0) is 26.6. The van der Waals surface area contributed by atoms with Crippen molar-refractivity contribution in [3.05, 3.63) is 71.8 Å². The molecule has 1 N–H and O–H groups in total. The number of carbonyl (C=O) groups is 1. The molecule has 2 heterocycles. The average Bonchev–Trinajstić information content (AvgIpc) is 3.19. The lowest BCUT2D eigenvalue weighted by Gasteiger charge is -2.23. The summed E-state index contributed by atoms with van der Waals surface area (Å²) >= 11 is 0. The van der Waals surface area contributed by atoms with Gasteiger partial charge in [0.1, 0.15) is 29.6 Å². The van der Waals surface area contributed by atoms with E-state index in [2.05, 4.69) is 0 Å². The van der Waals surface area contributed by atoms with Crippen LogP contribution < -0.4 is 4.74 Å². The predicted octanol–water partition coefficient (Wildman–Crippen LogP) is 5.37. The minimum Gasteiger partial charge on any atom is -0.467 e. The molecule has 0 radical (unpaired) electrons. The number of hydrogen-bond donors (Lipinski definition) is 1. The van der Waals surface area contributed by atoms with Crippen LogP contribution >= 0.6 is 0 Å². The molecular weight excluding hydrogens is 472 g/mol. The van der Waals surface area contributed by atoms with Gasteiger partial charge in [0.15, 0.2) is 12.6 Å². The van der Waals surface area contributed by atoms with E-state index in [0.29, 0.717) is 23.3 Å². The van der Waals surface area contributed by atoms with Crippen molar-refractivity contribution in [2.45, 2.75) is 64.3 Å². The van der Waals surface area contributed by atoms with E-state index in [0.717, 1.165) is 11.1 Å². The third kappa shape index (κ3) is 6.30. The molecule has 0 aliphatic carbocycles. The van der Waals surface area contributed by atoms with Gasteiger partial charge in [-0.15, -0.1) is 0 Å². The molecule has 0 aromatic heterocycles. The van der Waals surface area contributed by atoms with Crippen LogP contribution in [0.4, 0.5) is 0 Å². The van der Waals surface area contributed by atoms with Crippen molar-refractivity contribution >= 4 is 12.0 Å². The number of aliphatic hydroxyl groups is 1. The molecule has 0 amide bonds. The second-order valence-corrected chi connectivity index (χ2v) is 9.94. The maximum Gasteiger partial charge on any atom is 0.342 e. The first kappa shape index (κ1) is 27.1. The smallest absolute Gasteiger partial charge is 0.342 e. The molecule has 7 nitrogen and oxygen atoms in total. The number of fused-ring (bicyclic) bond motifs is 2. The number of benzene rings is 2. The summed E-state index contributed by atoms with van der Waals surface area (Å²) in [5.74, 6) is -1.09. The molecule has 198 valence electrons. The third-order valence-corrected chi connectivity index (χ3v) is 6.68. The van der Waals surface area contributed by atoms with Gasteiger partial charge in [-0.05, 0) is 44.4 Å². The van der Waals surface area contributed by atoms with Gasteiger partial charge in [-0.2, -0.15) is 0 Å². The van der Waals surface area contributed by atoms with Crippen LogP contribution in [0, 0.1) is 5.92 Å². The monoisotopic (exact) mass is 508 g/mol. The first-order valence-corrected chi connectivity index (χ1v) is 12.6. The second-order valence-electron chi connectivity index (χ2n) is 9.94. The number of cyclic esters (lactones) is 1. The summed E-state index contributed by atoms with van der Waals surface area (Å²) in [7, 11) is 1.53. The molecule has 2 aromatic carbocycles. The first-order valence-electron chi connectivity index (χ1n) is 12.6. The predicted molar refractivity (Wildman–Crippen MR) is 141 cm³/mol. The summed E-state index contributed by atoms with van der Waals surface area (Å²) in [6.45, 7) is 7.44. The van der Waals surface area contributed by atoms with Crippen LogP contribution in [0.3, 0.4) is 0 Å². The lowest BCUT2D eigenvalue weighted by Crippen LogP contribution is -2.34. The standard InChI is InChI=1S/C30H36O7/c1-19-14-16-24(31)28-26(36-30(3,4)37-28)13-9-12-23-22(21-10-7-6-8-11-21)15-17-25(34-18-33-5)27(23)29(32)35-20(19)2/h6-12,14-17,19-20,24,26,28,31H,13,18H2,1-5H3/b12-9+,16-14-/t19-,20+,24?,26+,28-/m1/s1. The van der Waals surface area contributed by atoms with E-state index in [1.807, 2.05) is 82.3 Å². The van der Waals surface area contributed by atoms with Crippen LogP contribution in [-0.4, -0.2) is 55.2 Å². The van der Waals surface area contributed by atoms with E-state index in [1.165, 1.54) is 7.11 Å². The zero-order valence-corrected chi connectivity index (χ0v) is 22.0. The van der Waals surface area contributed by atoms with Crippen LogP contribution in [0.25, 0.3) is 17.2 Å². The Morgan fingerprint density at radius 2 is 1.81 bits per heavy atom. The number of carbonyl (C=O) groups excluding carboxylic acids is 1. The largest absolute Gasteiger partial charge is 0.467 e. The zero-order valence-electron chi connectivity index (χ0n) is 22.0. The van der Waals surface area contributed by atoms with Crippen molar-refractivity contribution in [1.82, 2.24) is 0 Å². The summed E-state index contributed by atoms with van der Waals surface area (Å²) in [6.07, 6.45) is 5.62. The molecule has 4 rings (SSSR count). The van der Waals surface area contributed by atoms with E-state index in [-0.39, 0.29) is 18.8 Å². The Morgan fingerprint density at radius 1 is 1.05 bits per heavy atom. The number of hydrogen-bond acceptors (Lipinski definition) is 7. The van der Waals surface area contributed by atoms with Gasteiger partial charge in [-0.25, -0.2) is 4.79 Å². The van der Waals surface area contributed by atoms with E-state index in [1.54, 1.807) is 12.1 Å². The molecular formula is C30H36O7. The Hall–Kier alpha value is -2.97. The van der Waals surface area contributed by atoms with Gasteiger partial charge in [0.25, 0.3) is 0 Å². The Bertz CT molecular complexity index is 1140. The van der Waals surface area contributed by atoms with Crippen molar-refractivity contribution in [3.63, 3.8) is 0 Å². The minimum absolute atomic E-state index is 0.00921. The van der Waals surface area contributed by atoms with Crippen LogP contribution in [0.5, 0.6) is 5.75 Å². The molecule has 37 heavy (non-hydrogen) atoms. The van der Waals surface area contributed by atoms with E-state index in [9.17, 15) is 9.90 Å². The topological polar surface area (TPSA) is 83.5 Å². The first-order chi connectivity index (χ1) is 17.7. The summed E-state index contributed by atoms with van der Waals surface area (Å²) in [4.78, 5) is 13.6. The molecule has 1 saturated heterocycles. The normalized spacial score (nSPS) is 29.4. The highest BCUT2D eigenvalue weighted by Gasteiger charge is 2.43. The molecule has 2 aliphatic heterocycles. The molecule has 5 atom stereocenters. The van der Waals surface area contributed by atoms with Crippen LogP contribution in [0.2, 0.25) is 0 Å². The number of ether oxygens (including phenoxy) is 5. The SMILES string of the molecule is COCOc1ccc(-c2ccccc2)c2c1C(=O)O[C@@H](C)[C@H](C)/C=C\C(O)[C@H]1OC(C)(C)O[C@H]1C/C=C/2. The molecule has 1 fully saturated rings. The third-order valence-electron chi connectivity index (χ3n) is 6.68. The maximum atomic E-state index is 13.6. The Morgan fingerprint density at radius 3 is 2.54 bits per heavy atom. The fourth-order valence-electron chi connectivity index (χ4n) is 4.64. The summed E-state index contributed by atoms with van der Waals surface area (Å²) < 4.78 is 29.0. The second kappa shape index (κ2) is 11.6. The summed E-state index contributed by atoms with van der Waals surface area (Å²) in [5.41, 5.74) is 2.82.